The van der Waals surface area contributed by atoms with Gasteiger partial charge in [0.2, 0.25) is 5.60 Å². The fraction of sp³-hybridized carbons (Fsp3) is 0.700. The summed E-state index contributed by atoms with van der Waals surface area (Å²) in [5.41, 5.74) is 3.64. The van der Waals surface area contributed by atoms with Crippen molar-refractivity contribution in [3.05, 3.63) is 48.3 Å². The standard InChI is InChI=1S/C30H42O3/c1-7-28(5)13-10-21(15-23(28)19(2)3)22-11-14-30(32-18-22)25-16-24-20(4)9-8-12-29(24,6)17-26(25)33-27(30)31/h7,16,18,20-21,23,25-26H,1-2,8-15,17H2,3-6H3/t20-,21-,23+,25-,26+,28-,29+,30+/m0/s1. The zero-order valence-electron chi connectivity index (χ0n) is 21.1. The molecule has 0 N–H and O–H groups in total. The summed E-state index contributed by atoms with van der Waals surface area (Å²) < 4.78 is 12.5. The minimum atomic E-state index is -0.822. The van der Waals surface area contributed by atoms with Crippen LogP contribution in [0.2, 0.25) is 0 Å². The van der Waals surface area contributed by atoms with Crippen LogP contribution in [0.15, 0.2) is 48.3 Å². The molecule has 2 saturated carbocycles. The monoisotopic (exact) mass is 450 g/mol. The first kappa shape index (κ1) is 23.0. The van der Waals surface area contributed by atoms with E-state index in [0.29, 0.717) is 17.8 Å². The molecule has 2 heterocycles. The van der Waals surface area contributed by atoms with Crippen LogP contribution in [-0.2, 0) is 14.3 Å². The van der Waals surface area contributed by atoms with Gasteiger partial charge in [-0.05, 0) is 86.0 Å². The van der Waals surface area contributed by atoms with E-state index in [1.54, 1.807) is 5.57 Å². The highest BCUT2D eigenvalue weighted by molar-refractivity contribution is 5.83. The third-order valence-electron chi connectivity index (χ3n) is 10.3. The number of carbonyl (C=O) groups excluding carboxylic acids is 1. The van der Waals surface area contributed by atoms with E-state index in [9.17, 15) is 4.79 Å². The van der Waals surface area contributed by atoms with Crippen molar-refractivity contribution in [1.82, 2.24) is 0 Å². The van der Waals surface area contributed by atoms with E-state index >= 15 is 0 Å². The quantitative estimate of drug-likeness (QED) is 0.334. The van der Waals surface area contributed by atoms with Gasteiger partial charge in [-0.2, -0.15) is 0 Å². The highest BCUT2D eigenvalue weighted by Crippen LogP contribution is 2.57. The Morgan fingerprint density at radius 1 is 1.21 bits per heavy atom. The number of esters is 1. The maximum Gasteiger partial charge on any atom is 0.351 e. The Bertz CT molecular complexity index is 927. The lowest BCUT2D eigenvalue weighted by Crippen LogP contribution is -2.48. The van der Waals surface area contributed by atoms with Gasteiger partial charge in [-0.25, -0.2) is 4.79 Å². The summed E-state index contributed by atoms with van der Waals surface area (Å²) in [7, 11) is 0. The number of rotatable bonds is 3. The van der Waals surface area contributed by atoms with Crippen LogP contribution in [0.3, 0.4) is 0 Å². The molecule has 3 heteroatoms. The van der Waals surface area contributed by atoms with Crippen molar-refractivity contribution >= 4 is 5.97 Å². The van der Waals surface area contributed by atoms with Crippen molar-refractivity contribution in [2.45, 2.75) is 97.2 Å². The number of hydrogen-bond donors (Lipinski definition) is 0. The molecule has 0 bridgehead atoms. The first-order valence-corrected chi connectivity index (χ1v) is 13.2. The molecule has 0 unspecified atom stereocenters. The normalized spacial score (nSPS) is 46.9. The molecule has 5 rings (SSSR count). The Morgan fingerprint density at radius 3 is 2.67 bits per heavy atom. The second kappa shape index (κ2) is 7.89. The van der Waals surface area contributed by atoms with E-state index in [1.807, 2.05) is 6.26 Å². The van der Waals surface area contributed by atoms with Crippen LogP contribution in [0.1, 0.15) is 85.5 Å². The third kappa shape index (κ3) is 3.48. The Kier molecular flexibility index (Phi) is 5.49. The molecule has 0 aromatic heterocycles. The van der Waals surface area contributed by atoms with Gasteiger partial charge < -0.3 is 9.47 Å². The Balaban J connectivity index is 1.38. The molecular weight excluding hydrogens is 408 g/mol. The van der Waals surface area contributed by atoms with Crippen molar-refractivity contribution in [3.8, 4) is 0 Å². The summed E-state index contributed by atoms with van der Waals surface area (Å²) >= 11 is 0. The number of allylic oxidation sites excluding steroid dienone is 4. The number of carbonyl (C=O) groups is 1. The molecule has 0 amide bonds. The van der Waals surface area contributed by atoms with Gasteiger partial charge in [-0.15, -0.1) is 6.58 Å². The minimum absolute atomic E-state index is 0.0396. The molecule has 33 heavy (non-hydrogen) atoms. The van der Waals surface area contributed by atoms with Gasteiger partial charge in [0.25, 0.3) is 0 Å². The van der Waals surface area contributed by atoms with Crippen LogP contribution < -0.4 is 0 Å². The average Bonchev–Trinajstić information content (AvgIpc) is 3.03. The predicted octanol–water partition coefficient (Wildman–Crippen LogP) is 7.30. The molecule has 8 atom stereocenters. The smallest absolute Gasteiger partial charge is 0.351 e. The molecule has 0 aromatic rings. The minimum Gasteiger partial charge on any atom is -0.482 e. The van der Waals surface area contributed by atoms with Gasteiger partial charge in [0.15, 0.2) is 0 Å². The van der Waals surface area contributed by atoms with Gasteiger partial charge in [-0.3, -0.25) is 0 Å². The van der Waals surface area contributed by atoms with Crippen LogP contribution in [0.25, 0.3) is 0 Å². The van der Waals surface area contributed by atoms with E-state index in [2.05, 4.69) is 53.0 Å². The van der Waals surface area contributed by atoms with Gasteiger partial charge in [0.05, 0.1) is 12.2 Å². The second-order valence-corrected chi connectivity index (χ2v) is 12.4. The maximum atomic E-state index is 13.2. The number of fused-ring (bicyclic) bond motifs is 3. The SMILES string of the molecule is C=C[C@@]1(C)CC[C@H](C2=CO[C@@]3(CC2)C(=O)O[C@@H]2C[C@@]4(C)CCC[C@H](C)C4=C[C@@H]23)C[C@@H]1C(=C)C. The highest BCUT2D eigenvalue weighted by Gasteiger charge is 2.62. The fourth-order valence-corrected chi connectivity index (χ4v) is 8.07. The molecule has 2 aliphatic heterocycles. The lowest BCUT2D eigenvalue weighted by Gasteiger charge is -2.47. The second-order valence-electron chi connectivity index (χ2n) is 12.4. The van der Waals surface area contributed by atoms with Crippen molar-refractivity contribution in [1.29, 1.82) is 0 Å². The third-order valence-corrected chi connectivity index (χ3v) is 10.3. The molecule has 3 fully saturated rings. The van der Waals surface area contributed by atoms with Gasteiger partial charge in [-0.1, -0.05) is 57.1 Å². The Morgan fingerprint density at radius 2 is 2.00 bits per heavy atom. The topological polar surface area (TPSA) is 35.5 Å². The molecule has 180 valence electrons. The van der Waals surface area contributed by atoms with Crippen LogP contribution in [0.5, 0.6) is 0 Å². The predicted molar refractivity (Wildman–Crippen MR) is 132 cm³/mol. The average molecular weight is 451 g/mol. The van der Waals surface area contributed by atoms with E-state index < -0.39 is 5.60 Å². The van der Waals surface area contributed by atoms with Crippen LogP contribution in [-0.4, -0.2) is 17.7 Å². The summed E-state index contributed by atoms with van der Waals surface area (Å²) in [5.74, 6) is 1.44. The lowest BCUT2D eigenvalue weighted by atomic mass is 9.58. The summed E-state index contributed by atoms with van der Waals surface area (Å²) in [5, 5.41) is 0. The molecule has 1 saturated heterocycles. The molecule has 3 aliphatic carbocycles. The molecule has 0 aromatic carbocycles. The molecule has 3 nitrogen and oxygen atoms in total. The van der Waals surface area contributed by atoms with Crippen molar-refractivity contribution in [2.24, 2.45) is 34.5 Å². The molecule has 1 spiro atoms. The fourth-order valence-electron chi connectivity index (χ4n) is 8.07. The first-order chi connectivity index (χ1) is 15.6. The van der Waals surface area contributed by atoms with Crippen LogP contribution >= 0.6 is 0 Å². The number of ether oxygens (including phenoxy) is 2. The van der Waals surface area contributed by atoms with Crippen molar-refractivity contribution < 1.29 is 14.3 Å². The largest absolute Gasteiger partial charge is 0.482 e. The Hall–Kier alpha value is -1.77. The molecular formula is C30H42O3. The summed E-state index contributed by atoms with van der Waals surface area (Å²) in [6.07, 6.45) is 16.2. The van der Waals surface area contributed by atoms with Crippen molar-refractivity contribution in [3.63, 3.8) is 0 Å². The lowest BCUT2D eigenvalue weighted by molar-refractivity contribution is -0.157. The summed E-state index contributed by atoms with van der Waals surface area (Å²) in [4.78, 5) is 13.2. The van der Waals surface area contributed by atoms with Gasteiger partial charge in [0, 0.05) is 6.42 Å². The van der Waals surface area contributed by atoms with Gasteiger partial charge in [0.1, 0.15) is 6.10 Å². The zero-order valence-corrected chi connectivity index (χ0v) is 21.1. The highest BCUT2D eigenvalue weighted by atomic mass is 16.6. The zero-order chi connectivity index (χ0) is 23.6. The molecule has 0 radical (unpaired) electrons. The van der Waals surface area contributed by atoms with E-state index in [0.717, 1.165) is 38.5 Å². The van der Waals surface area contributed by atoms with Crippen molar-refractivity contribution in [2.75, 3.05) is 0 Å². The number of hydrogen-bond acceptors (Lipinski definition) is 3. The van der Waals surface area contributed by atoms with E-state index in [4.69, 9.17) is 9.47 Å². The van der Waals surface area contributed by atoms with Crippen LogP contribution in [0, 0.1) is 34.5 Å². The van der Waals surface area contributed by atoms with E-state index in [1.165, 1.54) is 30.4 Å². The summed E-state index contributed by atoms with van der Waals surface area (Å²) in [6.45, 7) is 17.6. The van der Waals surface area contributed by atoms with Gasteiger partial charge >= 0.3 is 5.97 Å². The summed E-state index contributed by atoms with van der Waals surface area (Å²) in [6, 6.07) is 0. The van der Waals surface area contributed by atoms with Crippen LogP contribution in [0.4, 0.5) is 0 Å². The Labute approximate surface area is 200 Å². The molecule has 5 aliphatic rings. The first-order valence-electron chi connectivity index (χ1n) is 13.2. The maximum absolute atomic E-state index is 13.2. The van der Waals surface area contributed by atoms with E-state index in [-0.39, 0.29) is 28.8 Å².